The Bertz CT molecular complexity index is 834. The SMILES string of the molecule is CC(C)c1nn(C)cc1NC(=O)c1ccc2c(c1)NC(=O)C2(C)C. The number of carbonyl (C=O) groups excluding carboxylic acids is 2. The molecule has 3 rings (SSSR count). The summed E-state index contributed by atoms with van der Waals surface area (Å²) in [6.45, 7) is 7.81. The monoisotopic (exact) mass is 326 g/mol. The number of amides is 2. The van der Waals surface area contributed by atoms with Crippen LogP contribution in [0.15, 0.2) is 24.4 Å². The number of anilines is 2. The molecule has 24 heavy (non-hydrogen) atoms. The Kier molecular flexibility index (Phi) is 3.70. The molecule has 1 aliphatic rings. The van der Waals surface area contributed by atoms with Crippen molar-refractivity contribution < 1.29 is 9.59 Å². The molecule has 0 saturated heterocycles. The van der Waals surface area contributed by atoms with Gasteiger partial charge >= 0.3 is 0 Å². The van der Waals surface area contributed by atoms with Crippen molar-refractivity contribution in [2.45, 2.75) is 39.0 Å². The lowest BCUT2D eigenvalue weighted by molar-refractivity contribution is -0.119. The third-order valence-corrected chi connectivity index (χ3v) is 4.42. The van der Waals surface area contributed by atoms with Crippen LogP contribution in [0.4, 0.5) is 11.4 Å². The van der Waals surface area contributed by atoms with Crippen LogP contribution in [0, 0.1) is 0 Å². The number of aromatic nitrogens is 2. The van der Waals surface area contributed by atoms with Gasteiger partial charge in [0.05, 0.1) is 16.8 Å². The fraction of sp³-hybridized carbons (Fsp3) is 0.389. The molecule has 6 heteroatoms. The molecule has 1 aliphatic heterocycles. The molecule has 1 aromatic carbocycles. The van der Waals surface area contributed by atoms with Gasteiger partial charge in [-0.2, -0.15) is 5.10 Å². The van der Waals surface area contributed by atoms with Crippen LogP contribution < -0.4 is 10.6 Å². The average molecular weight is 326 g/mol. The van der Waals surface area contributed by atoms with Gasteiger partial charge in [-0.1, -0.05) is 19.9 Å². The molecule has 1 aromatic heterocycles. The Balaban J connectivity index is 1.88. The van der Waals surface area contributed by atoms with Gasteiger partial charge in [0.15, 0.2) is 0 Å². The lowest BCUT2D eigenvalue weighted by atomic mass is 9.86. The Morgan fingerprint density at radius 3 is 2.71 bits per heavy atom. The highest BCUT2D eigenvalue weighted by molar-refractivity contribution is 6.09. The number of nitrogens with one attached hydrogen (secondary N) is 2. The zero-order valence-electron chi connectivity index (χ0n) is 14.6. The zero-order chi connectivity index (χ0) is 17.6. The van der Waals surface area contributed by atoms with Crippen molar-refractivity contribution in [1.29, 1.82) is 0 Å². The Labute approximate surface area is 141 Å². The molecule has 0 atom stereocenters. The molecule has 2 heterocycles. The molecule has 0 fully saturated rings. The van der Waals surface area contributed by atoms with E-state index in [1.807, 2.05) is 40.8 Å². The van der Waals surface area contributed by atoms with E-state index >= 15 is 0 Å². The van der Waals surface area contributed by atoms with Crippen LogP contribution >= 0.6 is 0 Å². The number of carbonyl (C=O) groups is 2. The van der Waals surface area contributed by atoms with Crippen LogP contribution in [0.3, 0.4) is 0 Å². The minimum atomic E-state index is -0.571. The highest BCUT2D eigenvalue weighted by Crippen LogP contribution is 2.37. The maximum Gasteiger partial charge on any atom is 0.255 e. The van der Waals surface area contributed by atoms with E-state index < -0.39 is 5.41 Å². The van der Waals surface area contributed by atoms with Gasteiger partial charge in [-0.15, -0.1) is 0 Å². The minimum Gasteiger partial charge on any atom is -0.325 e. The van der Waals surface area contributed by atoms with Crippen molar-refractivity contribution in [3.63, 3.8) is 0 Å². The number of fused-ring (bicyclic) bond motifs is 1. The fourth-order valence-electron chi connectivity index (χ4n) is 2.96. The quantitative estimate of drug-likeness (QED) is 0.910. The van der Waals surface area contributed by atoms with Gasteiger partial charge in [-0.25, -0.2) is 0 Å². The van der Waals surface area contributed by atoms with E-state index in [0.717, 1.165) is 11.3 Å². The van der Waals surface area contributed by atoms with Gasteiger partial charge in [0, 0.05) is 24.5 Å². The maximum atomic E-state index is 12.6. The van der Waals surface area contributed by atoms with E-state index in [4.69, 9.17) is 0 Å². The second kappa shape index (κ2) is 5.47. The molecule has 2 N–H and O–H groups in total. The van der Waals surface area contributed by atoms with Crippen molar-refractivity contribution in [2.24, 2.45) is 7.05 Å². The highest BCUT2D eigenvalue weighted by atomic mass is 16.2. The van der Waals surface area contributed by atoms with Crippen LogP contribution in [0.1, 0.15) is 55.2 Å². The molecule has 2 aromatic rings. The van der Waals surface area contributed by atoms with E-state index in [1.54, 1.807) is 23.0 Å². The predicted octanol–water partition coefficient (Wildman–Crippen LogP) is 3.03. The lowest BCUT2D eigenvalue weighted by Gasteiger charge is -2.15. The van der Waals surface area contributed by atoms with Crippen molar-refractivity contribution in [3.8, 4) is 0 Å². The molecular formula is C18H22N4O2. The fourth-order valence-corrected chi connectivity index (χ4v) is 2.96. The summed E-state index contributed by atoms with van der Waals surface area (Å²) in [7, 11) is 1.83. The van der Waals surface area contributed by atoms with Gasteiger partial charge in [0.25, 0.3) is 5.91 Å². The summed E-state index contributed by atoms with van der Waals surface area (Å²) in [4.78, 5) is 24.6. The standard InChI is InChI=1S/C18H22N4O2/c1-10(2)15-14(9-22(5)21-15)19-16(23)11-6-7-12-13(8-11)20-17(24)18(12,3)4/h6-10H,1-5H3,(H,19,23)(H,20,24). The molecule has 0 unspecified atom stereocenters. The van der Waals surface area contributed by atoms with Crippen molar-refractivity contribution in [1.82, 2.24) is 9.78 Å². The largest absolute Gasteiger partial charge is 0.325 e. The number of hydrogen-bond donors (Lipinski definition) is 2. The van der Waals surface area contributed by atoms with E-state index in [9.17, 15) is 9.59 Å². The number of nitrogens with zero attached hydrogens (tertiary/aromatic N) is 2. The number of rotatable bonds is 3. The van der Waals surface area contributed by atoms with Crippen LogP contribution in [-0.4, -0.2) is 21.6 Å². The van der Waals surface area contributed by atoms with Gasteiger partial charge in [0.1, 0.15) is 0 Å². The summed E-state index contributed by atoms with van der Waals surface area (Å²) in [5.41, 5.74) is 3.11. The molecule has 126 valence electrons. The van der Waals surface area contributed by atoms with Gasteiger partial charge < -0.3 is 10.6 Å². The molecule has 0 saturated carbocycles. The van der Waals surface area contributed by atoms with Gasteiger partial charge in [0.2, 0.25) is 5.91 Å². The second-order valence-electron chi connectivity index (χ2n) is 7.05. The molecule has 2 amide bonds. The second-order valence-corrected chi connectivity index (χ2v) is 7.05. The molecule has 0 spiro atoms. The summed E-state index contributed by atoms with van der Waals surface area (Å²) in [6.07, 6.45) is 1.80. The molecule has 0 bridgehead atoms. The van der Waals surface area contributed by atoms with E-state index in [1.165, 1.54) is 0 Å². The first-order valence-electron chi connectivity index (χ1n) is 8.01. The number of benzene rings is 1. The summed E-state index contributed by atoms with van der Waals surface area (Å²) in [5, 5.41) is 10.2. The first-order chi connectivity index (χ1) is 11.2. The number of hydrogen-bond acceptors (Lipinski definition) is 3. The topological polar surface area (TPSA) is 76.0 Å². The first kappa shape index (κ1) is 16.2. The summed E-state index contributed by atoms with van der Waals surface area (Å²) < 4.78 is 1.69. The lowest BCUT2D eigenvalue weighted by Crippen LogP contribution is -2.26. The van der Waals surface area contributed by atoms with Crippen LogP contribution in [0.2, 0.25) is 0 Å². The predicted molar refractivity (Wildman–Crippen MR) is 93.3 cm³/mol. The normalized spacial score (nSPS) is 15.3. The summed E-state index contributed by atoms with van der Waals surface area (Å²) in [6, 6.07) is 5.32. The zero-order valence-corrected chi connectivity index (χ0v) is 14.6. The highest BCUT2D eigenvalue weighted by Gasteiger charge is 2.38. The Hall–Kier alpha value is -2.63. The summed E-state index contributed by atoms with van der Waals surface area (Å²) >= 11 is 0. The van der Waals surface area contributed by atoms with Crippen molar-refractivity contribution in [3.05, 3.63) is 41.2 Å². The van der Waals surface area contributed by atoms with E-state index in [2.05, 4.69) is 15.7 Å². The molecule has 6 nitrogen and oxygen atoms in total. The van der Waals surface area contributed by atoms with Crippen molar-refractivity contribution >= 4 is 23.2 Å². The van der Waals surface area contributed by atoms with Gasteiger partial charge in [-0.05, 0) is 37.5 Å². The van der Waals surface area contributed by atoms with E-state index in [0.29, 0.717) is 16.9 Å². The first-order valence-corrected chi connectivity index (χ1v) is 8.01. The van der Waals surface area contributed by atoms with Crippen molar-refractivity contribution in [2.75, 3.05) is 10.6 Å². The maximum absolute atomic E-state index is 12.6. The molecule has 0 aliphatic carbocycles. The minimum absolute atomic E-state index is 0.0515. The Morgan fingerprint density at radius 2 is 2.04 bits per heavy atom. The van der Waals surface area contributed by atoms with Crippen LogP contribution in [-0.2, 0) is 17.3 Å². The summed E-state index contributed by atoms with van der Waals surface area (Å²) in [5.74, 6) is -0.0577. The number of aryl methyl sites for hydroxylation is 1. The van der Waals surface area contributed by atoms with E-state index in [-0.39, 0.29) is 17.7 Å². The smallest absolute Gasteiger partial charge is 0.255 e. The third-order valence-electron chi connectivity index (χ3n) is 4.42. The van der Waals surface area contributed by atoms with Gasteiger partial charge in [-0.3, -0.25) is 14.3 Å². The third kappa shape index (κ3) is 2.58. The molecular weight excluding hydrogens is 304 g/mol. The average Bonchev–Trinajstić information content (AvgIpc) is 2.97. The molecule has 0 radical (unpaired) electrons. The Morgan fingerprint density at radius 1 is 1.33 bits per heavy atom. The van der Waals surface area contributed by atoms with Crippen LogP contribution in [0.5, 0.6) is 0 Å². The van der Waals surface area contributed by atoms with Crippen LogP contribution in [0.25, 0.3) is 0 Å².